The molecule has 0 unspecified atom stereocenters. The number of aromatic hydroxyl groups is 1. The van der Waals surface area contributed by atoms with Crippen molar-refractivity contribution in [2.24, 2.45) is 10.3 Å². The molecule has 0 heterocycles. The molecule has 30 heavy (non-hydrogen) atoms. The van der Waals surface area contributed by atoms with E-state index in [9.17, 15) is 10.0 Å². The zero-order valence-corrected chi connectivity index (χ0v) is 17.0. The molecule has 0 spiro atoms. The van der Waals surface area contributed by atoms with E-state index in [0.29, 0.717) is 22.7 Å². The van der Waals surface area contributed by atoms with Crippen LogP contribution in [-0.4, -0.2) is 25.0 Å². The highest BCUT2D eigenvalue weighted by Crippen LogP contribution is 2.36. The quantitative estimate of drug-likeness (QED) is 0.307. The standard InChI is InChI=1S/C23H22N2O5/c1-15(25-30-14-16-4-8-18(24-27)9-5-16)20-12-22(26)23(29-3)13-21(20)17-6-10-19(28-2)11-7-17/h4-13,26H,14H2,1-3H3/b25-15+. The van der Waals surface area contributed by atoms with Gasteiger partial charge < -0.3 is 19.4 Å². The van der Waals surface area contributed by atoms with Crippen molar-refractivity contribution in [3.63, 3.8) is 0 Å². The molecule has 0 bridgehead atoms. The number of phenolic OH excluding ortho intramolecular Hbond substituents is 1. The summed E-state index contributed by atoms with van der Waals surface area (Å²) in [5.41, 5.74) is 4.25. The molecular weight excluding hydrogens is 384 g/mol. The fourth-order valence-corrected chi connectivity index (χ4v) is 2.95. The molecule has 1 N–H and O–H groups in total. The van der Waals surface area contributed by atoms with Gasteiger partial charge in [-0.05, 0) is 65.2 Å². The molecule has 7 nitrogen and oxygen atoms in total. The molecule has 0 radical (unpaired) electrons. The molecule has 3 aromatic rings. The number of nitroso groups, excluding NO2 is 1. The van der Waals surface area contributed by atoms with Gasteiger partial charge in [0.15, 0.2) is 11.5 Å². The number of phenols is 1. The molecule has 0 aromatic heterocycles. The molecular formula is C23H22N2O5. The fraction of sp³-hybridized carbons (Fsp3) is 0.174. The second kappa shape index (κ2) is 9.56. The van der Waals surface area contributed by atoms with E-state index < -0.39 is 0 Å². The first-order valence-corrected chi connectivity index (χ1v) is 9.20. The molecule has 0 fully saturated rings. The van der Waals surface area contributed by atoms with Crippen molar-refractivity contribution in [1.82, 2.24) is 0 Å². The number of hydrogen-bond donors (Lipinski definition) is 1. The summed E-state index contributed by atoms with van der Waals surface area (Å²) in [4.78, 5) is 16.0. The predicted octanol–water partition coefficient (Wildman–Crippen LogP) is 5.42. The summed E-state index contributed by atoms with van der Waals surface area (Å²) < 4.78 is 10.5. The monoisotopic (exact) mass is 406 g/mol. The Hall–Kier alpha value is -3.87. The maximum Gasteiger partial charge on any atom is 0.161 e. The molecule has 0 saturated heterocycles. The van der Waals surface area contributed by atoms with Crippen LogP contribution in [-0.2, 0) is 11.4 Å². The lowest BCUT2D eigenvalue weighted by molar-refractivity contribution is 0.130. The van der Waals surface area contributed by atoms with Crippen LogP contribution in [0.5, 0.6) is 17.2 Å². The molecule has 3 rings (SSSR count). The zero-order chi connectivity index (χ0) is 21.5. The molecule has 7 heteroatoms. The number of benzene rings is 3. The van der Waals surface area contributed by atoms with Crippen LogP contribution in [0.25, 0.3) is 11.1 Å². The summed E-state index contributed by atoms with van der Waals surface area (Å²) in [6.45, 7) is 2.03. The van der Waals surface area contributed by atoms with Crippen LogP contribution in [0.15, 0.2) is 71.0 Å². The van der Waals surface area contributed by atoms with E-state index in [1.807, 2.05) is 24.3 Å². The topological polar surface area (TPSA) is 89.7 Å². The Morgan fingerprint density at radius 1 is 0.967 bits per heavy atom. The predicted molar refractivity (Wildman–Crippen MR) is 116 cm³/mol. The summed E-state index contributed by atoms with van der Waals surface area (Å²) in [5.74, 6) is 1.12. The molecule has 0 aliphatic heterocycles. The van der Waals surface area contributed by atoms with Gasteiger partial charge in [0.05, 0.1) is 19.9 Å². The van der Waals surface area contributed by atoms with Gasteiger partial charge in [-0.25, -0.2) is 0 Å². The van der Waals surface area contributed by atoms with E-state index in [0.717, 1.165) is 22.4 Å². The van der Waals surface area contributed by atoms with Crippen molar-refractivity contribution in [3.8, 4) is 28.4 Å². The SMILES string of the molecule is COc1ccc(-c2cc(OC)c(O)cc2/C(C)=N/OCc2ccc(N=O)cc2)cc1. The minimum atomic E-state index is 0.0104. The van der Waals surface area contributed by atoms with E-state index in [-0.39, 0.29) is 12.4 Å². The maximum absolute atomic E-state index is 10.5. The molecule has 0 amide bonds. The van der Waals surface area contributed by atoms with E-state index in [1.54, 1.807) is 50.4 Å². The van der Waals surface area contributed by atoms with Crippen LogP contribution < -0.4 is 9.47 Å². The number of oxime groups is 1. The molecule has 154 valence electrons. The first kappa shape index (κ1) is 20.9. The number of rotatable bonds is 8. The summed E-state index contributed by atoms with van der Waals surface area (Å²) in [5, 5.41) is 17.3. The lowest BCUT2D eigenvalue weighted by Crippen LogP contribution is -2.01. The summed E-state index contributed by atoms with van der Waals surface area (Å²) >= 11 is 0. The van der Waals surface area contributed by atoms with Crippen LogP contribution in [0, 0.1) is 4.91 Å². The van der Waals surface area contributed by atoms with Gasteiger partial charge in [-0.15, -0.1) is 4.91 Å². The van der Waals surface area contributed by atoms with Crippen LogP contribution >= 0.6 is 0 Å². The Balaban J connectivity index is 1.88. The number of hydrogen-bond acceptors (Lipinski definition) is 7. The molecule has 0 aliphatic rings. The average molecular weight is 406 g/mol. The van der Waals surface area contributed by atoms with Crippen LogP contribution in [0.1, 0.15) is 18.1 Å². The van der Waals surface area contributed by atoms with Gasteiger partial charge in [-0.2, -0.15) is 0 Å². The Bertz CT molecular complexity index is 1040. The van der Waals surface area contributed by atoms with E-state index >= 15 is 0 Å². The second-order valence-electron chi connectivity index (χ2n) is 6.51. The van der Waals surface area contributed by atoms with E-state index in [2.05, 4.69) is 10.3 Å². The van der Waals surface area contributed by atoms with Crippen molar-refractivity contribution in [2.45, 2.75) is 13.5 Å². The molecule has 0 atom stereocenters. The summed E-state index contributed by atoms with van der Waals surface area (Å²) in [6, 6.07) is 17.7. The zero-order valence-electron chi connectivity index (χ0n) is 17.0. The van der Waals surface area contributed by atoms with Crippen molar-refractivity contribution in [1.29, 1.82) is 0 Å². The normalized spacial score (nSPS) is 11.1. The summed E-state index contributed by atoms with van der Waals surface area (Å²) in [7, 11) is 3.11. The Kier molecular flexibility index (Phi) is 6.64. The van der Waals surface area contributed by atoms with Gasteiger partial charge >= 0.3 is 0 Å². The number of ether oxygens (including phenoxy) is 2. The first-order valence-electron chi connectivity index (χ1n) is 9.20. The Labute approximate surface area is 174 Å². The highest BCUT2D eigenvalue weighted by molar-refractivity contribution is 6.05. The van der Waals surface area contributed by atoms with Crippen molar-refractivity contribution < 1.29 is 19.4 Å². The van der Waals surface area contributed by atoms with Gasteiger partial charge in [0, 0.05) is 5.56 Å². The lowest BCUT2D eigenvalue weighted by Gasteiger charge is -2.14. The van der Waals surface area contributed by atoms with Gasteiger partial charge in [-0.3, -0.25) is 0 Å². The van der Waals surface area contributed by atoms with Crippen molar-refractivity contribution in [3.05, 3.63) is 76.7 Å². The third-order valence-corrected chi connectivity index (χ3v) is 4.58. The maximum atomic E-state index is 10.5. The molecule has 0 aliphatic carbocycles. The second-order valence-corrected chi connectivity index (χ2v) is 6.51. The fourth-order valence-electron chi connectivity index (χ4n) is 2.95. The van der Waals surface area contributed by atoms with Crippen LogP contribution in [0.2, 0.25) is 0 Å². The van der Waals surface area contributed by atoms with Crippen molar-refractivity contribution in [2.75, 3.05) is 14.2 Å². The molecule has 0 saturated carbocycles. The Morgan fingerprint density at radius 2 is 1.67 bits per heavy atom. The van der Waals surface area contributed by atoms with E-state index in [4.69, 9.17) is 14.3 Å². The van der Waals surface area contributed by atoms with E-state index in [1.165, 1.54) is 7.11 Å². The number of methoxy groups -OCH3 is 2. The highest BCUT2D eigenvalue weighted by Gasteiger charge is 2.14. The van der Waals surface area contributed by atoms with Crippen LogP contribution in [0.3, 0.4) is 0 Å². The average Bonchev–Trinajstić information content (AvgIpc) is 2.79. The largest absolute Gasteiger partial charge is 0.504 e. The van der Waals surface area contributed by atoms with Gasteiger partial charge in [-0.1, -0.05) is 29.4 Å². The minimum absolute atomic E-state index is 0.0104. The van der Waals surface area contributed by atoms with Gasteiger partial charge in [0.25, 0.3) is 0 Å². The number of nitrogens with zero attached hydrogens (tertiary/aromatic N) is 2. The third-order valence-electron chi connectivity index (χ3n) is 4.58. The Morgan fingerprint density at radius 3 is 2.27 bits per heavy atom. The van der Waals surface area contributed by atoms with Gasteiger partial charge in [0.2, 0.25) is 0 Å². The lowest BCUT2D eigenvalue weighted by atomic mass is 9.96. The van der Waals surface area contributed by atoms with Crippen LogP contribution in [0.4, 0.5) is 5.69 Å². The smallest absolute Gasteiger partial charge is 0.161 e. The highest BCUT2D eigenvalue weighted by atomic mass is 16.6. The minimum Gasteiger partial charge on any atom is -0.504 e. The summed E-state index contributed by atoms with van der Waals surface area (Å²) in [6.07, 6.45) is 0. The molecule has 3 aromatic carbocycles. The van der Waals surface area contributed by atoms with Gasteiger partial charge in [0.1, 0.15) is 18.0 Å². The van der Waals surface area contributed by atoms with Crippen molar-refractivity contribution >= 4 is 11.4 Å². The third kappa shape index (κ3) is 4.75. The first-order chi connectivity index (χ1) is 14.5.